The summed E-state index contributed by atoms with van der Waals surface area (Å²) in [7, 11) is -0.334. The van der Waals surface area contributed by atoms with Crippen molar-refractivity contribution in [2.24, 2.45) is 0 Å². The Balaban J connectivity index is 2.01. The maximum absolute atomic E-state index is 13.6. The van der Waals surface area contributed by atoms with Gasteiger partial charge in [0.25, 0.3) is 15.7 Å². The van der Waals surface area contributed by atoms with Gasteiger partial charge in [0.1, 0.15) is 18.1 Å². The first kappa shape index (κ1) is 26.2. The number of methoxy groups -OCH3 is 3. The molecule has 0 aliphatic carbocycles. The van der Waals surface area contributed by atoms with Crippen molar-refractivity contribution in [1.29, 1.82) is 0 Å². The topological polar surface area (TPSA) is 137 Å². The Labute approximate surface area is 206 Å². The van der Waals surface area contributed by atoms with E-state index in [1.165, 1.54) is 63.8 Å². The summed E-state index contributed by atoms with van der Waals surface area (Å²) in [6.45, 7) is -0.742. The lowest BCUT2D eigenvalue weighted by Gasteiger charge is -2.24. The number of nitro benzene ring substituents is 1. The minimum absolute atomic E-state index is 0.00680. The molecule has 0 atom stereocenters. The minimum Gasteiger partial charge on any atom is -0.495 e. The highest BCUT2D eigenvalue weighted by molar-refractivity contribution is 7.92. The summed E-state index contributed by atoms with van der Waals surface area (Å²) in [5.74, 6) is -0.871. The number of nitrogens with one attached hydrogen (secondary N) is 1. The van der Waals surface area contributed by atoms with Gasteiger partial charge in [0, 0.05) is 18.2 Å². The monoisotopic (exact) mass is 519 g/mol. The molecule has 0 aliphatic heterocycles. The molecule has 190 valence electrons. The maximum Gasteiger partial charge on any atom is 0.271 e. The molecule has 3 rings (SSSR count). The molecule has 0 fully saturated rings. The van der Waals surface area contributed by atoms with Crippen LogP contribution in [0, 0.1) is 15.9 Å². The molecule has 0 spiro atoms. The minimum atomic E-state index is -4.37. The quantitative estimate of drug-likeness (QED) is 0.317. The predicted molar refractivity (Wildman–Crippen MR) is 129 cm³/mol. The molecule has 13 heteroatoms. The summed E-state index contributed by atoms with van der Waals surface area (Å²) in [6, 6.07) is 12.0. The molecule has 0 aliphatic rings. The van der Waals surface area contributed by atoms with Crippen LogP contribution in [0.4, 0.5) is 21.5 Å². The normalized spacial score (nSPS) is 10.9. The van der Waals surface area contributed by atoms with Crippen molar-refractivity contribution >= 4 is 33.0 Å². The number of carbonyl (C=O) groups is 1. The van der Waals surface area contributed by atoms with E-state index in [-0.39, 0.29) is 33.5 Å². The van der Waals surface area contributed by atoms with Gasteiger partial charge in [0.2, 0.25) is 5.91 Å². The second-order valence-electron chi connectivity index (χ2n) is 7.19. The van der Waals surface area contributed by atoms with Crippen LogP contribution < -0.4 is 23.8 Å². The Bertz CT molecular complexity index is 1380. The van der Waals surface area contributed by atoms with Crippen molar-refractivity contribution in [3.05, 3.63) is 76.6 Å². The Kier molecular flexibility index (Phi) is 7.94. The van der Waals surface area contributed by atoms with Gasteiger partial charge in [-0.25, -0.2) is 12.8 Å². The van der Waals surface area contributed by atoms with Crippen LogP contribution in [0.1, 0.15) is 0 Å². The van der Waals surface area contributed by atoms with Crippen LogP contribution in [0.5, 0.6) is 17.2 Å². The molecule has 3 aromatic carbocycles. The molecule has 0 radical (unpaired) electrons. The maximum atomic E-state index is 13.6. The molecular weight excluding hydrogens is 497 g/mol. The highest BCUT2D eigenvalue weighted by atomic mass is 32.2. The fourth-order valence-electron chi connectivity index (χ4n) is 3.25. The van der Waals surface area contributed by atoms with Crippen molar-refractivity contribution in [1.82, 2.24) is 0 Å². The molecule has 1 N–H and O–H groups in total. The molecule has 0 saturated carbocycles. The highest BCUT2D eigenvalue weighted by Gasteiger charge is 2.29. The SMILES string of the molecule is COc1ccc([N+](=O)[O-])cc1NC(=O)CN(c1ccc(F)cc1)S(=O)(=O)c1ccc(OC)c(OC)c1. The van der Waals surface area contributed by atoms with Gasteiger partial charge in [-0.3, -0.25) is 19.2 Å². The van der Waals surface area contributed by atoms with Gasteiger partial charge in [-0.2, -0.15) is 0 Å². The number of ether oxygens (including phenoxy) is 3. The van der Waals surface area contributed by atoms with Crippen LogP contribution in [0.3, 0.4) is 0 Å². The first-order valence-corrected chi connectivity index (χ1v) is 11.7. The predicted octanol–water partition coefficient (Wildman–Crippen LogP) is 3.59. The van der Waals surface area contributed by atoms with Gasteiger partial charge in [-0.15, -0.1) is 0 Å². The lowest BCUT2D eigenvalue weighted by atomic mass is 10.2. The molecular formula is C23H22FN3O8S. The third-order valence-corrected chi connectivity index (χ3v) is 6.78. The second kappa shape index (κ2) is 10.9. The Hall–Kier alpha value is -4.39. The summed E-state index contributed by atoms with van der Waals surface area (Å²) in [5, 5.41) is 13.6. The third kappa shape index (κ3) is 5.63. The van der Waals surface area contributed by atoms with Crippen molar-refractivity contribution in [3.63, 3.8) is 0 Å². The van der Waals surface area contributed by atoms with Gasteiger partial charge < -0.3 is 19.5 Å². The van der Waals surface area contributed by atoms with E-state index in [0.29, 0.717) is 5.75 Å². The average Bonchev–Trinajstić information content (AvgIpc) is 2.87. The van der Waals surface area contributed by atoms with Gasteiger partial charge in [-0.05, 0) is 42.5 Å². The summed E-state index contributed by atoms with van der Waals surface area (Å²) in [6.07, 6.45) is 0. The van der Waals surface area contributed by atoms with E-state index in [1.54, 1.807) is 0 Å². The van der Waals surface area contributed by atoms with E-state index in [1.807, 2.05) is 0 Å². The number of hydrogen-bond acceptors (Lipinski definition) is 8. The molecule has 3 aromatic rings. The first-order valence-electron chi connectivity index (χ1n) is 10.2. The standard InChI is InChI=1S/C23H22FN3O8S/c1-33-20-10-8-17(27(29)30)12-19(20)25-23(28)14-26(16-6-4-15(24)5-7-16)36(31,32)18-9-11-21(34-2)22(13-18)35-3/h4-13H,14H2,1-3H3,(H,25,28). The summed E-state index contributed by atoms with van der Waals surface area (Å²) in [5.41, 5.74) is -0.328. The van der Waals surface area contributed by atoms with Crippen LogP contribution in [-0.4, -0.2) is 47.1 Å². The van der Waals surface area contributed by atoms with Crippen molar-refractivity contribution in [2.75, 3.05) is 37.5 Å². The van der Waals surface area contributed by atoms with Crippen molar-refractivity contribution in [3.8, 4) is 17.2 Å². The molecule has 0 heterocycles. The average molecular weight is 520 g/mol. The van der Waals surface area contributed by atoms with Crippen LogP contribution in [-0.2, 0) is 14.8 Å². The van der Waals surface area contributed by atoms with Gasteiger partial charge in [0.05, 0.1) is 42.5 Å². The van der Waals surface area contributed by atoms with E-state index < -0.39 is 33.2 Å². The zero-order valence-electron chi connectivity index (χ0n) is 19.4. The van der Waals surface area contributed by atoms with E-state index >= 15 is 0 Å². The number of amides is 1. The number of non-ortho nitro benzene ring substituents is 1. The van der Waals surface area contributed by atoms with E-state index in [4.69, 9.17) is 14.2 Å². The number of sulfonamides is 1. The van der Waals surface area contributed by atoms with Crippen LogP contribution in [0.2, 0.25) is 0 Å². The molecule has 11 nitrogen and oxygen atoms in total. The second-order valence-corrected chi connectivity index (χ2v) is 9.06. The fraction of sp³-hybridized carbons (Fsp3) is 0.174. The lowest BCUT2D eigenvalue weighted by Crippen LogP contribution is -2.38. The fourth-order valence-corrected chi connectivity index (χ4v) is 4.69. The molecule has 0 saturated heterocycles. The summed E-state index contributed by atoms with van der Waals surface area (Å²) < 4.78 is 56.9. The number of nitro groups is 1. The van der Waals surface area contributed by atoms with Crippen molar-refractivity contribution < 1.29 is 36.7 Å². The number of halogens is 1. The van der Waals surface area contributed by atoms with Crippen LogP contribution in [0.15, 0.2) is 65.6 Å². The largest absolute Gasteiger partial charge is 0.495 e. The number of rotatable bonds is 10. The molecule has 0 bridgehead atoms. The molecule has 0 unspecified atom stereocenters. The number of nitrogens with zero attached hydrogens (tertiary/aromatic N) is 2. The molecule has 36 heavy (non-hydrogen) atoms. The number of hydrogen-bond donors (Lipinski definition) is 1. The van der Waals surface area contributed by atoms with Crippen LogP contribution >= 0.6 is 0 Å². The Morgan fingerprint density at radius 2 is 1.56 bits per heavy atom. The number of anilines is 2. The summed E-state index contributed by atoms with van der Waals surface area (Å²) in [4.78, 5) is 23.2. The Morgan fingerprint density at radius 3 is 2.14 bits per heavy atom. The molecule has 0 aromatic heterocycles. The zero-order chi connectivity index (χ0) is 26.5. The van der Waals surface area contributed by atoms with E-state index in [2.05, 4.69) is 5.32 Å². The van der Waals surface area contributed by atoms with Gasteiger partial charge in [-0.1, -0.05) is 0 Å². The molecule has 1 amide bonds. The Morgan fingerprint density at radius 1 is 0.944 bits per heavy atom. The summed E-state index contributed by atoms with van der Waals surface area (Å²) >= 11 is 0. The number of carbonyl (C=O) groups excluding carboxylic acids is 1. The third-order valence-electron chi connectivity index (χ3n) is 5.01. The van der Waals surface area contributed by atoms with Gasteiger partial charge >= 0.3 is 0 Å². The van der Waals surface area contributed by atoms with E-state index in [0.717, 1.165) is 22.5 Å². The highest BCUT2D eigenvalue weighted by Crippen LogP contribution is 2.33. The zero-order valence-corrected chi connectivity index (χ0v) is 20.2. The van der Waals surface area contributed by atoms with Crippen molar-refractivity contribution in [2.45, 2.75) is 4.90 Å². The number of benzene rings is 3. The lowest BCUT2D eigenvalue weighted by molar-refractivity contribution is -0.384. The van der Waals surface area contributed by atoms with Gasteiger partial charge in [0.15, 0.2) is 11.5 Å². The first-order chi connectivity index (χ1) is 17.1. The van der Waals surface area contributed by atoms with E-state index in [9.17, 15) is 27.7 Å². The smallest absolute Gasteiger partial charge is 0.271 e. The van der Waals surface area contributed by atoms with Crippen LogP contribution in [0.25, 0.3) is 0 Å².